The molecule has 0 bridgehead atoms. The molecule has 0 spiro atoms. The summed E-state index contributed by atoms with van der Waals surface area (Å²) in [6, 6.07) is 0. The van der Waals surface area contributed by atoms with Crippen LogP contribution in [0.4, 0.5) is 0 Å². The van der Waals surface area contributed by atoms with Crippen molar-refractivity contribution in [1.82, 2.24) is 0 Å². The normalized spacial score (nSPS) is 14.9. The van der Waals surface area contributed by atoms with Crippen molar-refractivity contribution in [3.05, 3.63) is 0 Å². The van der Waals surface area contributed by atoms with Crippen molar-refractivity contribution < 1.29 is 14.6 Å². The predicted molar refractivity (Wildman–Crippen MR) is 60.5 cm³/mol. The van der Waals surface area contributed by atoms with Crippen LogP contribution in [0, 0.1) is 10.8 Å². The lowest BCUT2D eigenvalue weighted by Gasteiger charge is -2.32. The molecule has 0 rings (SSSR count). The van der Waals surface area contributed by atoms with Crippen LogP contribution in [-0.4, -0.2) is 23.8 Å². The maximum Gasteiger partial charge on any atom is 0.314 e. The summed E-state index contributed by atoms with van der Waals surface area (Å²) in [5.41, 5.74) is -0.827. The van der Waals surface area contributed by atoms with Gasteiger partial charge in [0, 0.05) is 0 Å². The van der Waals surface area contributed by atoms with Gasteiger partial charge in [0.15, 0.2) is 0 Å². The van der Waals surface area contributed by atoms with E-state index in [0.29, 0.717) is 13.0 Å². The van der Waals surface area contributed by atoms with E-state index in [1.54, 1.807) is 20.8 Å². The summed E-state index contributed by atoms with van der Waals surface area (Å²) in [6.07, 6.45) is -0.0877. The maximum absolute atomic E-state index is 11.6. The summed E-state index contributed by atoms with van der Waals surface area (Å²) >= 11 is 0. The van der Waals surface area contributed by atoms with E-state index in [0.717, 1.165) is 0 Å². The highest BCUT2D eigenvalue weighted by Gasteiger charge is 2.38. The first kappa shape index (κ1) is 14.4. The number of ether oxygens (including phenoxy) is 1. The second-order valence-electron chi connectivity index (χ2n) is 5.72. The van der Waals surface area contributed by atoms with Crippen molar-refractivity contribution in [1.29, 1.82) is 0 Å². The lowest BCUT2D eigenvalue weighted by molar-refractivity contribution is -0.161. The molecule has 1 N–H and O–H groups in total. The SMILES string of the molecule is CCOC(=O)C(C)(C)C(O)CC(C)(C)C. The average molecular weight is 216 g/mol. The van der Waals surface area contributed by atoms with Crippen LogP contribution in [0.2, 0.25) is 0 Å². The van der Waals surface area contributed by atoms with Gasteiger partial charge in [-0.15, -0.1) is 0 Å². The van der Waals surface area contributed by atoms with Crippen molar-refractivity contribution in [3.8, 4) is 0 Å². The molecule has 0 fully saturated rings. The van der Waals surface area contributed by atoms with Gasteiger partial charge in [-0.05, 0) is 32.6 Å². The number of carbonyl (C=O) groups excluding carboxylic acids is 1. The van der Waals surface area contributed by atoms with Crippen LogP contribution < -0.4 is 0 Å². The van der Waals surface area contributed by atoms with E-state index in [1.807, 2.05) is 20.8 Å². The molecule has 0 saturated heterocycles. The van der Waals surface area contributed by atoms with E-state index in [2.05, 4.69) is 0 Å². The van der Waals surface area contributed by atoms with E-state index in [9.17, 15) is 9.90 Å². The molecule has 0 heterocycles. The number of aliphatic hydroxyl groups excluding tert-OH is 1. The predicted octanol–water partition coefficient (Wildman–Crippen LogP) is 2.37. The average Bonchev–Trinajstić information content (AvgIpc) is 2.01. The minimum absolute atomic E-state index is 0.00316. The standard InChI is InChI=1S/C12H24O3/c1-7-15-10(14)12(5,6)9(13)8-11(2,3)4/h9,13H,7-8H2,1-6H3. The van der Waals surface area contributed by atoms with Gasteiger partial charge in [0.05, 0.1) is 18.1 Å². The summed E-state index contributed by atoms with van der Waals surface area (Å²) in [7, 11) is 0. The van der Waals surface area contributed by atoms with Crippen LogP contribution in [0.5, 0.6) is 0 Å². The third-order valence-electron chi connectivity index (χ3n) is 2.44. The Morgan fingerprint density at radius 3 is 2.07 bits per heavy atom. The summed E-state index contributed by atoms with van der Waals surface area (Å²) in [5, 5.41) is 10.0. The number of hydrogen-bond acceptors (Lipinski definition) is 3. The van der Waals surface area contributed by atoms with Crippen molar-refractivity contribution in [2.45, 2.75) is 54.1 Å². The summed E-state index contributed by atoms with van der Waals surface area (Å²) in [4.78, 5) is 11.6. The fraction of sp³-hybridized carbons (Fsp3) is 0.917. The van der Waals surface area contributed by atoms with Crippen LogP contribution in [0.25, 0.3) is 0 Å². The van der Waals surface area contributed by atoms with Gasteiger partial charge in [0.1, 0.15) is 0 Å². The van der Waals surface area contributed by atoms with Gasteiger partial charge in [-0.1, -0.05) is 20.8 Å². The molecule has 1 atom stereocenters. The maximum atomic E-state index is 11.6. The zero-order valence-corrected chi connectivity index (χ0v) is 10.8. The molecule has 0 aromatic carbocycles. The molecule has 0 aromatic rings. The largest absolute Gasteiger partial charge is 0.466 e. The van der Waals surface area contributed by atoms with Gasteiger partial charge in [0.2, 0.25) is 0 Å². The Morgan fingerprint density at radius 2 is 1.73 bits per heavy atom. The zero-order valence-electron chi connectivity index (χ0n) is 10.8. The van der Waals surface area contributed by atoms with Crippen molar-refractivity contribution >= 4 is 5.97 Å². The number of aliphatic hydroxyl groups is 1. The van der Waals surface area contributed by atoms with Gasteiger partial charge < -0.3 is 9.84 Å². The molecular weight excluding hydrogens is 192 g/mol. The highest BCUT2D eigenvalue weighted by atomic mass is 16.5. The lowest BCUT2D eigenvalue weighted by atomic mass is 9.77. The highest BCUT2D eigenvalue weighted by molar-refractivity contribution is 5.76. The van der Waals surface area contributed by atoms with Crippen molar-refractivity contribution in [2.75, 3.05) is 6.61 Å². The van der Waals surface area contributed by atoms with Crippen LogP contribution in [-0.2, 0) is 9.53 Å². The number of rotatable bonds is 4. The Balaban J connectivity index is 4.51. The highest BCUT2D eigenvalue weighted by Crippen LogP contribution is 2.31. The van der Waals surface area contributed by atoms with Crippen molar-refractivity contribution in [3.63, 3.8) is 0 Å². The number of hydrogen-bond donors (Lipinski definition) is 1. The molecule has 15 heavy (non-hydrogen) atoms. The molecule has 0 aliphatic rings. The Kier molecular flexibility index (Phi) is 4.78. The fourth-order valence-electron chi connectivity index (χ4n) is 1.29. The third kappa shape index (κ3) is 4.65. The Bertz CT molecular complexity index is 213. The Labute approximate surface area is 92.8 Å². The second kappa shape index (κ2) is 4.97. The zero-order chi connectivity index (χ0) is 12.3. The summed E-state index contributed by atoms with van der Waals surface area (Å²) in [5.74, 6) is -0.332. The molecule has 1 unspecified atom stereocenters. The summed E-state index contributed by atoms with van der Waals surface area (Å²) in [6.45, 7) is 11.7. The monoisotopic (exact) mass is 216 g/mol. The third-order valence-corrected chi connectivity index (χ3v) is 2.44. The number of carbonyl (C=O) groups is 1. The Hall–Kier alpha value is -0.570. The molecule has 90 valence electrons. The van der Waals surface area contributed by atoms with E-state index in [1.165, 1.54) is 0 Å². The molecule has 0 amide bonds. The molecule has 0 radical (unpaired) electrons. The van der Waals surface area contributed by atoms with Crippen LogP contribution in [0.15, 0.2) is 0 Å². The van der Waals surface area contributed by atoms with E-state index in [-0.39, 0.29) is 11.4 Å². The molecule has 3 nitrogen and oxygen atoms in total. The molecule has 3 heteroatoms. The van der Waals surface area contributed by atoms with Crippen LogP contribution in [0.3, 0.4) is 0 Å². The molecular formula is C12H24O3. The molecule has 0 aromatic heterocycles. The minimum Gasteiger partial charge on any atom is -0.466 e. The molecule has 0 aliphatic carbocycles. The topological polar surface area (TPSA) is 46.5 Å². The quantitative estimate of drug-likeness (QED) is 0.734. The van der Waals surface area contributed by atoms with E-state index >= 15 is 0 Å². The van der Waals surface area contributed by atoms with Gasteiger partial charge in [-0.25, -0.2) is 0 Å². The first-order valence-electron chi connectivity index (χ1n) is 5.46. The lowest BCUT2D eigenvalue weighted by Crippen LogP contribution is -2.40. The van der Waals surface area contributed by atoms with Crippen molar-refractivity contribution in [2.24, 2.45) is 10.8 Å². The number of esters is 1. The molecule has 0 saturated carbocycles. The van der Waals surface area contributed by atoms with Gasteiger partial charge in [-0.3, -0.25) is 4.79 Å². The van der Waals surface area contributed by atoms with E-state index < -0.39 is 11.5 Å². The van der Waals surface area contributed by atoms with E-state index in [4.69, 9.17) is 4.74 Å². The second-order valence-corrected chi connectivity index (χ2v) is 5.72. The fourth-order valence-corrected chi connectivity index (χ4v) is 1.29. The smallest absolute Gasteiger partial charge is 0.314 e. The summed E-state index contributed by atoms with van der Waals surface area (Å²) < 4.78 is 4.94. The van der Waals surface area contributed by atoms with Gasteiger partial charge in [0.25, 0.3) is 0 Å². The van der Waals surface area contributed by atoms with Crippen LogP contribution >= 0.6 is 0 Å². The minimum atomic E-state index is -0.830. The Morgan fingerprint density at radius 1 is 1.27 bits per heavy atom. The van der Waals surface area contributed by atoms with Crippen LogP contribution in [0.1, 0.15) is 48.0 Å². The molecule has 0 aliphatic heterocycles. The van der Waals surface area contributed by atoms with Gasteiger partial charge >= 0.3 is 5.97 Å². The first-order chi connectivity index (χ1) is 6.61. The van der Waals surface area contributed by atoms with Gasteiger partial charge in [-0.2, -0.15) is 0 Å². The first-order valence-corrected chi connectivity index (χ1v) is 5.46.